The molecule has 0 aromatic heterocycles. The number of rotatable bonds is 5. The van der Waals surface area contributed by atoms with E-state index in [-0.39, 0.29) is 17.3 Å². The van der Waals surface area contributed by atoms with Gasteiger partial charge in [-0.2, -0.15) is 0 Å². The number of unbranched alkanes of at least 4 members (excludes halogenated alkanes) is 1. The Balaban J connectivity index is 1.54. The molecule has 2 aromatic rings. The summed E-state index contributed by atoms with van der Waals surface area (Å²) in [5, 5.41) is 0. The van der Waals surface area contributed by atoms with Crippen molar-refractivity contribution in [2.24, 2.45) is 5.92 Å². The summed E-state index contributed by atoms with van der Waals surface area (Å²) < 4.78 is 43.5. The first-order chi connectivity index (χ1) is 14.0. The predicted molar refractivity (Wildman–Crippen MR) is 113 cm³/mol. The van der Waals surface area contributed by atoms with Crippen LogP contribution in [0.5, 0.6) is 0 Å². The first kappa shape index (κ1) is 20.3. The normalized spacial score (nSPS) is 21.6. The van der Waals surface area contributed by atoms with Crippen LogP contribution in [0, 0.1) is 23.4 Å². The van der Waals surface area contributed by atoms with Crippen LogP contribution in [0.1, 0.15) is 86.5 Å². The molecule has 1 fully saturated rings. The van der Waals surface area contributed by atoms with Crippen LogP contribution >= 0.6 is 0 Å². The quantitative estimate of drug-likeness (QED) is 0.478. The summed E-state index contributed by atoms with van der Waals surface area (Å²) in [4.78, 5) is 0. The monoisotopic (exact) mass is 398 g/mol. The fourth-order valence-corrected chi connectivity index (χ4v) is 5.07. The maximum absolute atomic E-state index is 15.0. The van der Waals surface area contributed by atoms with Crippen molar-refractivity contribution < 1.29 is 13.2 Å². The molecule has 0 heterocycles. The number of fused-ring (bicyclic) bond motifs is 1. The van der Waals surface area contributed by atoms with Crippen molar-refractivity contribution in [1.82, 2.24) is 0 Å². The van der Waals surface area contributed by atoms with Crippen LogP contribution in [0.25, 0.3) is 11.6 Å². The number of aryl methyl sites for hydroxylation is 1. The van der Waals surface area contributed by atoms with Crippen molar-refractivity contribution in [3.63, 3.8) is 0 Å². The van der Waals surface area contributed by atoms with Gasteiger partial charge in [-0.3, -0.25) is 0 Å². The molecular formula is C26H29F3. The SMILES string of the molecule is CCCCC1CCC(c2cc(F)c(C3=Cc4cc(F)ccc4CC3)c(F)c2)CC1. The van der Waals surface area contributed by atoms with Crippen LogP contribution in [0.4, 0.5) is 13.2 Å². The van der Waals surface area contributed by atoms with E-state index in [0.29, 0.717) is 18.4 Å². The highest BCUT2D eigenvalue weighted by atomic mass is 19.1. The Morgan fingerprint density at radius 1 is 0.897 bits per heavy atom. The van der Waals surface area contributed by atoms with Crippen LogP contribution in [-0.2, 0) is 6.42 Å². The molecule has 0 amide bonds. The molecule has 0 saturated heterocycles. The molecule has 0 unspecified atom stereocenters. The molecule has 154 valence electrons. The van der Waals surface area contributed by atoms with Gasteiger partial charge in [0.05, 0.1) is 0 Å². The van der Waals surface area contributed by atoms with E-state index in [9.17, 15) is 13.2 Å². The van der Waals surface area contributed by atoms with Crippen molar-refractivity contribution in [3.8, 4) is 0 Å². The van der Waals surface area contributed by atoms with E-state index in [1.54, 1.807) is 12.1 Å². The lowest BCUT2D eigenvalue weighted by atomic mass is 9.76. The molecule has 0 aliphatic heterocycles. The van der Waals surface area contributed by atoms with Gasteiger partial charge in [0.15, 0.2) is 0 Å². The van der Waals surface area contributed by atoms with Gasteiger partial charge in [0.25, 0.3) is 0 Å². The van der Waals surface area contributed by atoms with Crippen molar-refractivity contribution in [1.29, 1.82) is 0 Å². The smallest absolute Gasteiger partial charge is 0.133 e. The largest absolute Gasteiger partial charge is 0.207 e. The second kappa shape index (κ2) is 8.77. The van der Waals surface area contributed by atoms with Crippen LogP contribution < -0.4 is 0 Å². The predicted octanol–water partition coefficient (Wildman–Crippen LogP) is 8.05. The molecule has 2 aromatic carbocycles. The maximum Gasteiger partial charge on any atom is 0.133 e. The summed E-state index contributed by atoms with van der Waals surface area (Å²) in [5.74, 6) is -0.278. The molecule has 0 nitrogen and oxygen atoms in total. The molecule has 3 heteroatoms. The Morgan fingerprint density at radius 2 is 1.62 bits per heavy atom. The zero-order valence-corrected chi connectivity index (χ0v) is 17.1. The minimum absolute atomic E-state index is 0.0558. The third kappa shape index (κ3) is 4.44. The van der Waals surface area contributed by atoms with Crippen LogP contribution in [0.3, 0.4) is 0 Å². The Labute approximate surface area is 171 Å². The molecule has 4 rings (SSSR count). The van der Waals surface area contributed by atoms with Crippen LogP contribution in [0.2, 0.25) is 0 Å². The lowest BCUT2D eigenvalue weighted by Crippen LogP contribution is -2.14. The zero-order valence-electron chi connectivity index (χ0n) is 17.1. The van der Waals surface area contributed by atoms with Crippen LogP contribution in [0.15, 0.2) is 30.3 Å². The minimum Gasteiger partial charge on any atom is -0.207 e. The van der Waals surface area contributed by atoms with Gasteiger partial charge in [-0.05, 0) is 96.9 Å². The van der Waals surface area contributed by atoms with E-state index < -0.39 is 11.6 Å². The summed E-state index contributed by atoms with van der Waals surface area (Å²) in [7, 11) is 0. The van der Waals surface area contributed by atoms with Gasteiger partial charge in [-0.15, -0.1) is 0 Å². The van der Waals surface area contributed by atoms with Gasteiger partial charge in [-0.1, -0.05) is 38.3 Å². The molecule has 29 heavy (non-hydrogen) atoms. The fourth-order valence-electron chi connectivity index (χ4n) is 5.07. The zero-order chi connectivity index (χ0) is 20.4. The van der Waals surface area contributed by atoms with E-state index in [0.717, 1.165) is 48.3 Å². The van der Waals surface area contributed by atoms with Gasteiger partial charge >= 0.3 is 0 Å². The van der Waals surface area contributed by atoms with Gasteiger partial charge < -0.3 is 0 Å². The highest BCUT2D eigenvalue weighted by Crippen LogP contribution is 2.40. The summed E-state index contributed by atoms with van der Waals surface area (Å²) in [6.07, 6.45) is 11.1. The number of hydrogen-bond donors (Lipinski definition) is 0. The highest BCUT2D eigenvalue weighted by Gasteiger charge is 2.25. The highest BCUT2D eigenvalue weighted by molar-refractivity contribution is 5.85. The summed E-state index contributed by atoms with van der Waals surface area (Å²) >= 11 is 0. The Hall–Kier alpha value is -2.03. The molecule has 0 spiro atoms. The Bertz CT molecular complexity index is 881. The molecule has 0 radical (unpaired) electrons. The fraction of sp³-hybridized carbons (Fsp3) is 0.462. The molecule has 0 atom stereocenters. The number of halogens is 3. The molecule has 1 saturated carbocycles. The van der Waals surface area contributed by atoms with Crippen molar-refractivity contribution in [2.45, 2.75) is 70.6 Å². The average Bonchev–Trinajstić information content (AvgIpc) is 2.72. The van der Waals surface area contributed by atoms with Gasteiger partial charge in [0.2, 0.25) is 0 Å². The third-order valence-electron chi connectivity index (χ3n) is 6.77. The Morgan fingerprint density at radius 3 is 2.31 bits per heavy atom. The standard InChI is InChI=1S/C26H29F3/c1-2-3-4-17-5-7-18(8-6-17)22-15-24(28)26(25(29)16-22)20-10-9-19-11-12-23(27)14-21(19)13-20/h11-18H,2-10H2,1H3. The summed E-state index contributed by atoms with van der Waals surface area (Å²) in [6.45, 7) is 2.22. The van der Waals surface area contributed by atoms with Gasteiger partial charge in [-0.25, -0.2) is 13.2 Å². The lowest BCUT2D eigenvalue weighted by molar-refractivity contribution is 0.303. The first-order valence-electron chi connectivity index (χ1n) is 11.0. The second-order valence-electron chi connectivity index (χ2n) is 8.73. The molecular weight excluding hydrogens is 369 g/mol. The lowest BCUT2D eigenvalue weighted by Gasteiger charge is -2.29. The molecule has 0 bridgehead atoms. The summed E-state index contributed by atoms with van der Waals surface area (Å²) in [5.41, 5.74) is 3.21. The van der Waals surface area contributed by atoms with Crippen LogP contribution in [-0.4, -0.2) is 0 Å². The Kier molecular flexibility index (Phi) is 6.12. The maximum atomic E-state index is 15.0. The van der Waals surface area contributed by atoms with E-state index in [4.69, 9.17) is 0 Å². The van der Waals surface area contributed by atoms with Crippen molar-refractivity contribution >= 4 is 11.6 Å². The molecule has 2 aliphatic rings. The minimum atomic E-state index is -0.487. The van der Waals surface area contributed by atoms with E-state index in [2.05, 4.69) is 6.92 Å². The van der Waals surface area contributed by atoms with E-state index in [1.807, 2.05) is 0 Å². The van der Waals surface area contributed by atoms with Gasteiger partial charge in [0.1, 0.15) is 17.5 Å². The summed E-state index contributed by atoms with van der Waals surface area (Å²) in [6, 6.07) is 7.71. The van der Waals surface area contributed by atoms with Crippen molar-refractivity contribution in [2.75, 3.05) is 0 Å². The second-order valence-corrected chi connectivity index (χ2v) is 8.73. The number of benzene rings is 2. The van der Waals surface area contributed by atoms with Crippen molar-refractivity contribution in [3.05, 3.63) is 70.0 Å². The average molecular weight is 399 g/mol. The number of hydrogen-bond acceptors (Lipinski definition) is 0. The molecule has 2 aliphatic carbocycles. The first-order valence-corrected chi connectivity index (χ1v) is 11.0. The van der Waals surface area contributed by atoms with E-state index >= 15 is 0 Å². The van der Waals surface area contributed by atoms with Gasteiger partial charge in [0, 0.05) is 5.56 Å². The third-order valence-corrected chi connectivity index (χ3v) is 6.77. The molecule has 0 N–H and O–H groups in total. The topological polar surface area (TPSA) is 0 Å². The van der Waals surface area contributed by atoms with E-state index in [1.165, 1.54) is 43.5 Å². The number of allylic oxidation sites excluding steroid dienone is 1.